The second-order valence-corrected chi connectivity index (χ2v) is 4.58. The van der Waals surface area contributed by atoms with Gasteiger partial charge in [0, 0.05) is 11.6 Å². The van der Waals surface area contributed by atoms with Gasteiger partial charge >= 0.3 is 5.97 Å². The van der Waals surface area contributed by atoms with E-state index >= 15 is 0 Å². The van der Waals surface area contributed by atoms with Crippen LogP contribution in [0.5, 0.6) is 0 Å². The fourth-order valence-corrected chi connectivity index (χ4v) is 1.90. The molecule has 0 fully saturated rings. The Morgan fingerprint density at radius 1 is 1.28 bits per heavy atom. The molecule has 1 aromatic heterocycles. The van der Waals surface area contributed by atoms with Crippen LogP contribution in [-0.4, -0.2) is 22.1 Å². The number of para-hydroxylation sites is 1. The molecule has 2 N–H and O–H groups in total. The number of benzene rings is 1. The van der Waals surface area contributed by atoms with Gasteiger partial charge in [-0.3, -0.25) is 4.98 Å². The van der Waals surface area contributed by atoms with Crippen molar-refractivity contribution in [3.63, 3.8) is 0 Å². The zero-order valence-corrected chi connectivity index (χ0v) is 10.4. The van der Waals surface area contributed by atoms with Gasteiger partial charge < -0.3 is 10.4 Å². The number of carboxylic acids is 1. The molecule has 0 aliphatic rings. The van der Waals surface area contributed by atoms with Gasteiger partial charge in [-0.05, 0) is 18.1 Å². The number of hydrogen-bond donors (Lipinski definition) is 2. The second-order valence-electron chi connectivity index (χ2n) is 4.58. The number of aromatic nitrogens is 1. The lowest BCUT2D eigenvalue weighted by atomic mass is 10.0. The Kier molecular flexibility index (Phi) is 3.46. The molecule has 1 atom stereocenters. The first-order valence-electron chi connectivity index (χ1n) is 5.92. The van der Waals surface area contributed by atoms with E-state index in [9.17, 15) is 9.90 Å². The minimum Gasteiger partial charge on any atom is -0.480 e. The molecule has 0 aliphatic heterocycles. The SMILES string of the molecule is CC(C)C(Nc1cccc2cccnc12)C(=O)O. The van der Waals surface area contributed by atoms with Gasteiger partial charge in [0.05, 0.1) is 11.2 Å². The number of carboxylic acid groups (broad SMARTS) is 1. The fraction of sp³-hybridized carbons (Fsp3) is 0.286. The molecule has 0 bridgehead atoms. The summed E-state index contributed by atoms with van der Waals surface area (Å²) in [6.45, 7) is 3.76. The first kappa shape index (κ1) is 12.4. The Bertz CT molecular complexity index is 561. The number of aliphatic carboxylic acids is 1. The Balaban J connectivity index is 2.39. The fourth-order valence-electron chi connectivity index (χ4n) is 1.90. The van der Waals surface area contributed by atoms with Crippen molar-refractivity contribution in [3.05, 3.63) is 36.5 Å². The first-order chi connectivity index (χ1) is 8.59. The van der Waals surface area contributed by atoms with E-state index in [4.69, 9.17) is 0 Å². The molecule has 0 radical (unpaired) electrons. The standard InChI is InChI=1S/C14H16N2O2/c1-9(2)12(14(17)18)16-11-7-3-5-10-6-4-8-15-13(10)11/h3-9,12,16H,1-2H3,(H,17,18). The highest BCUT2D eigenvalue weighted by atomic mass is 16.4. The molecule has 1 heterocycles. The summed E-state index contributed by atoms with van der Waals surface area (Å²) >= 11 is 0. The summed E-state index contributed by atoms with van der Waals surface area (Å²) in [6, 6.07) is 8.91. The largest absolute Gasteiger partial charge is 0.480 e. The van der Waals surface area contributed by atoms with Crippen LogP contribution in [0.25, 0.3) is 10.9 Å². The van der Waals surface area contributed by atoms with E-state index in [0.29, 0.717) is 0 Å². The monoisotopic (exact) mass is 244 g/mol. The average Bonchev–Trinajstić information content (AvgIpc) is 2.35. The van der Waals surface area contributed by atoms with E-state index in [-0.39, 0.29) is 5.92 Å². The van der Waals surface area contributed by atoms with E-state index in [1.165, 1.54) is 0 Å². The molecule has 0 amide bonds. The lowest BCUT2D eigenvalue weighted by Gasteiger charge is -2.19. The van der Waals surface area contributed by atoms with Crippen LogP contribution in [0.15, 0.2) is 36.5 Å². The number of pyridine rings is 1. The molecule has 18 heavy (non-hydrogen) atoms. The maximum atomic E-state index is 11.2. The summed E-state index contributed by atoms with van der Waals surface area (Å²) < 4.78 is 0. The number of nitrogens with zero attached hydrogens (tertiary/aromatic N) is 1. The van der Waals surface area contributed by atoms with Crippen LogP contribution in [-0.2, 0) is 4.79 Å². The molecule has 94 valence electrons. The van der Waals surface area contributed by atoms with Gasteiger partial charge in [-0.1, -0.05) is 32.0 Å². The number of hydrogen-bond acceptors (Lipinski definition) is 3. The minimum absolute atomic E-state index is 0.00136. The van der Waals surface area contributed by atoms with Crippen LogP contribution in [0.2, 0.25) is 0 Å². The lowest BCUT2D eigenvalue weighted by molar-refractivity contribution is -0.138. The smallest absolute Gasteiger partial charge is 0.326 e. The summed E-state index contributed by atoms with van der Waals surface area (Å²) in [4.78, 5) is 15.5. The normalized spacial score (nSPS) is 12.6. The van der Waals surface area contributed by atoms with Gasteiger partial charge in [0.2, 0.25) is 0 Å². The molecule has 1 aromatic carbocycles. The minimum atomic E-state index is -0.849. The maximum absolute atomic E-state index is 11.2. The third-order valence-corrected chi connectivity index (χ3v) is 2.88. The van der Waals surface area contributed by atoms with E-state index in [2.05, 4.69) is 10.3 Å². The van der Waals surface area contributed by atoms with Crippen LogP contribution in [0, 0.1) is 5.92 Å². The van der Waals surface area contributed by atoms with E-state index < -0.39 is 12.0 Å². The topological polar surface area (TPSA) is 62.2 Å². The second kappa shape index (κ2) is 5.04. The Labute approximate surface area is 106 Å². The van der Waals surface area contributed by atoms with Crippen molar-refractivity contribution in [1.82, 2.24) is 4.98 Å². The molecular weight excluding hydrogens is 228 g/mol. The van der Waals surface area contributed by atoms with Crippen LogP contribution < -0.4 is 5.32 Å². The average molecular weight is 244 g/mol. The van der Waals surface area contributed by atoms with Crippen molar-refractivity contribution in [1.29, 1.82) is 0 Å². The molecule has 0 saturated heterocycles. The van der Waals surface area contributed by atoms with Crippen molar-refractivity contribution in [2.45, 2.75) is 19.9 Å². The third kappa shape index (κ3) is 2.42. The van der Waals surface area contributed by atoms with Gasteiger partial charge in [-0.2, -0.15) is 0 Å². The number of anilines is 1. The van der Waals surface area contributed by atoms with E-state index in [0.717, 1.165) is 16.6 Å². The predicted octanol–water partition coefficient (Wildman–Crippen LogP) is 2.76. The van der Waals surface area contributed by atoms with Crippen LogP contribution >= 0.6 is 0 Å². The summed E-state index contributed by atoms with van der Waals surface area (Å²) in [5.41, 5.74) is 1.56. The number of nitrogens with one attached hydrogen (secondary N) is 1. The highest BCUT2D eigenvalue weighted by molar-refractivity contribution is 5.92. The quantitative estimate of drug-likeness (QED) is 0.868. The molecule has 0 aliphatic carbocycles. The highest BCUT2D eigenvalue weighted by Gasteiger charge is 2.21. The molecule has 4 heteroatoms. The van der Waals surface area contributed by atoms with Crippen molar-refractivity contribution in [2.24, 2.45) is 5.92 Å². The highest BCUT2D eigenvalue weighted by Crippen LogP contribution is 2.22. The number of fused-ring (bicyclic) bond motifs is 1. The summed E-state index contributed by atoms with van der Waals surface area (Å²) in [5.74, 6) is -0.848. The zero-order chi connectivity index (χ0) is 13.1. The summed E-state index contributed by atoms with van der Waals surface area (Å²) in [6.07, 6.45) is 1.71. The summed E-state index contributed by atoms with van der Waals surface area (Å²) in [5, 5.41) is 13.2. The molecule has 2 aromatic rings. The van der Waals surface area contributed by atoms with Crippen LogP contribution in [0.1, 0.15) is 13.8 Å². The first-order valence-corrected chi connectivity index (χ1v) is 5.92. The molecule has 4 nitrogen and oxygen atoms in total. The van der Waals surface area contributed by atoms with Crippen molar-refractivity contribution >= 4 is 22.6 Å². The molecule has 2 rings (SSSR count). The van der Waals surface area contributed by atoms with Gasteiger partial charge in [0.1, 0.15) is 6.04 Å². The van der Waals surface area contributed by atoms with Gasteiger partial charge in [-0.25, -0.2) is 4.79 Å². The van der Waals surface area contributed by atoms with Crippen molar-refractivity contribution in [2.75, 3.05) is 5.32 Å². The van der Waals surface area contributed by atoms with Gasteiger partial charge in [0.25, 0.3) is 0 Å². The number of carbonyl (C=O) groups is 1. The van der Waals surface area contributed by atoms with E-state index in [1.54, 1.807) is 6.20 Å². The predicted molar refractivity (Wildman–Crippen MR) is 71.6 cm³/mol. The van der Waals surface area contributed by atoms with Gasteiger partial charge in [0.15, 0.2) is 0 Å². The van der Waals surface area contributed by atoms with E-state index in [1.807, 2.05) is 44.2 Å². The summed E-state index contributed by atoms with van der Waals surface area (Å²) in [7, 11) is 0. The van der Waals surface area contributed by atoms with Gasteiger partial charge in [-0.15, -0.1) is 0 Å². The third-order valence-electron chi connectivity index (χ3n) is 2.88. The number of rotatable bonds is 4. The van der Waals surface area contributed by atoms with Crippen molar-refractivity contribution < 1.29 is 9.90 Å². The molecule has 1 unspecified atom stereocenters. The Hall–Kier alpha value is -2.10. The molecule has 0 saturated carbocycles. The molecular formula is C14H16N2O2. The molecule has 0 spiro atoms. The van der Waals surface area contributed by atoms with Crippen LogP contribution in [0.3, 0.4) is 0 Å². The van der Waals surface area contributed by atoms with Crippen molar-refractivity contribution in [3.8, 4) is 0 Å². The Morgan fingerprint density at radius 2 is 2.00 bits per heavy atom. The maximum Gasteiger partial charge on any atom is 0.326 e. The van der Waals surface area contributed by atoms with Crippen LogP contribution in [0.4, 0.5) is 5.69 Å². The Morgan fingerprint density at radius 3 is 2.67 bits per heavy atom. The lowest BCUT2D eigenvalue weighted by Crippen LogP contribution is -2.34. The zero-order valence-electron chi connectivity index (χ0n) is 10.4.